The number of nitrogens with zero attached hydrogens (tertiary/aromatic N) is 2. The number of aryl methyl sites for hydroxylation is 3. The van der Waals surface area contributed by atoms with Crippen molar-refractivity contribution < 1.29 is 13.8 Å². The van der Waals surface area contributed by atoms with Crippen LogP contribution < -0.4 is 5.32 Å². The molecule has 0 saturated heterocycles. The maximum atomic E-state index is 12.3. The Morgan fingerprint density at radius 2 is 2.10 bits per heavy atom. The van der Waals surface area contributed by atoms with Gasteiger partial charge in [-0.15, -0.1) is 0 Å². The van der Waals surface area contributed by atoms with Crippen molar-refractivity contribution in [2.45, 2.75) is 27.2 Å². The highest BCUT2D eigenvalue weighted by molar-refractivity contribution is 6.06. The molecule has 21 heavy (non-hydrogen) atoms. The van der Waals surface area contributed by atoms with E-state index < -0.39 is 0 Å². The number of carbonyl (C=O) groups excluding carboxylic acids is 1. The van der Waals surface area contributed by atoms with Gasteiger partial charge in [0.05, 0.1) is 0 Å². The monoisotopic (exact) mass is 285 g/mol. The summed E-state index contributed by atoms with van der Waals surface area (Å²) in [5.41, 5.74) is 3.19. The fraction of sp³-hybridized carbons (Fsp3) is 0.267. The predicted molar refractivity (Wildman–Crippen MR) is 77.3 cm³/mol. The Hall–Kier alpha value is -2.63. The number of carbonyl (C=O) groups is 1. The van der Waals surface area contributed by atoms with Crippen LogP contribution in [0.25, 0.3) is 11.0 Å². The van der Waals surface area contributed by atoms with Crippen LogP contribution in [0.15, 0.2) is 27.2 Å². The first-order valence-corrected chi connectivity index (χ1v) is 6.72. The van der Waals surface area contributed by atoms with Gasteiger partial charge in [-0.3, -0.25) is 10.1 Å². The molecule has 6 nitrogen and oxygen atoms in total. The molecule has 0 unspecified atom stereocenters. The van der Waals surface area contributed by atoms with E-state index in [9.17, 15) is 4.79 Å². The van der Waals surface area contributed by atoms with Crippen LogP contribution in [-0.2, 0) is 6.42 Å². The zero-order valence-corrected chi connectivity index (χ0v) is 12.1. The minimum atomic E-state index is -0.355. The van der Waals surface area contributed by atoms with Crippen molar-refractivity contribution in [2.24, 2.45) is 0 Å². The van der Waals surface area contributed by atoms with Gasteiger partial charge in [0, 0.05) is 10.9 Å². The molecule has 2 aromatic heterocycles. The molecule has 1 N–H and O–H groups in total. The Balaban J connectivity index is 1.96. The van der Waals surface area contributed by atoms with Crippen LogP contribution in [0.3, 0.4) is 0 Å². The average molecular weight is 285 g/mol. The van der Waals surface area contributed by atoms with Crippen molar-refractivity contribution in [2.75, 3.05) is 5.32 Å². The molecule has 6 heteroatoms. The van der Waals surface area contributed by atoms with E-state index in [1.807, 2.05) is 39.0 Å². The van der Waals surface area contributed by atoms with Crippen molar-refractivity contribution >= 4 is 22.7 Å². The van der Waals surface area contributed by atoms with Crippen LogP contribution in [0.2, 0.25) is 0 Å². The van der Waals surface area contributed by atoms with Crippen LogP contribution >= 0.6 is 0 Å². The minimum Gasteiger partial charge on any atom is -0.451 e. The summed E-state index contributed by atoms with van der Waals surface area (Å²) in [6.07, 6.45) is 0.622. The molecule has 0 bridgehead atoms. The molecule has 0 radical (unpaired) electrons. The van der Waals surface area contributed by atoms with Crippen molar-refractivity contribution in [3.63, 3.8) is 0 Å². The summed E-state index contributed by atoms with van der Waals surface area (Å²) in [7, 11) is 0. The van der Waals surface area contributed by atoms with Gasteiger partial charge in [0.15, 0.2) is 5.76 Å². The summed E-state index contributed by atoms with van der Waals surface area (Å²) in [5.74, 6) is 0.256. The normalized spacial score (nSPS) is 11.0. The van der Waals surface area contributed by atoms with Crippen LogP contribution in [0.4, 0.5) is 5.82 Å². The van der Waals surface area contributed by atoms with Gasteiger partial charge in [-0.1, -0.05) is 24.2 Å². The second-order valence-electron chi connectivity index (χ2n) is 4.92. The second kappa shape index (κ2) is 5.05. The largest absolute Gasteiger partial charge is 0.451 e. The molecule has 1 amide bonds. The molecule has 0 aliphatic heterocycles. The summed E-state index contributed by atoms with van der Waals surface area (Å²) >= 11 is 0. The van der Waals surface area contributed by atoms with Gasteiger partial charge < -0.3 is 4.42 Å². The number of hydrogen-bond donors (Lipinski definition) is 1. The number of amides is 1. The molecule has 0 atom stereocenters. The molecular weight excluding hydrogens is 270 g/mol. The standard InChI is InChI=1S/C15H15N3O3/c1-4-11-14(18-21-17-11)16-15(19)13-9(3)10-6-5-8(2)7-12(10)20-13/h5-7H,4H2,1-3H3,(H,16,18,19). The first kappa shape index (κ1) is 13.4. The number of anilines is 1. The number of benzene rings is 1. The number of aromatic nitrogens is 2. The fourth-order valence-electron chi connectivity index (χ4n) is 2.25. The zero-order valence-electron chi connectivity index (χ0n) is 12.1. The molecule has 1 aromatic carbocycles. The fourth-order valence-corrected chi connectivity index (χ4v) is 2.25. The highest BCUT2D eigenvalue weighted by Gasteiger charge is 2.20. The van der Waals surface area contributed by atoms with Crippen molar-refractivity contribution in [3.8, 4) is 0 Å². The third-order valence-corrected chi connectivity index (χ3v) is 3.42. The van der Waals surface area contributed by atoms with E-state index in [-0.39, 0.29) is 11.7 Å². The summed E-state index contributed by atoms with van der Waals surface area (Å²) < 4.78 is 10.3. The number of furan rings is 1. The van der Waals surface area contributed by atoms with Crippen molar-refractivity contribution in [1.82, 2.24) is 10.3 Å². The third kappa shape index (κ3) is 2.29. The van der Waals surface area contributed by atoms with Gasteiger partial charge in [0.1, 0.15) is 11.3 Å². The van der Waals surface area contributed by atoms with Gasteiger partial charge in [0.2, 0.25) is 5.82 Å². The molecule has 2 heterocycles. The summed E-state index contributed by atoms with van der Waals surface area (Å²) in [6, 6.07) is 5.85. The Kier molecular flexibility index (Phi) is 3.21. The lowest BCUT2D eigenvalue weighted by molar-refractivity contribution is 0.0997. The Labute approximate surface area is 121 Å². The quantitative estimate of drug-likeness (QED) is 0.798. The van der Waals surface area contributed by atoms with Crippen LogP contribution in [0.5, 0.6) is 0 Å². The zero-order chi connectivity index (χ0) is 15.0. The van der Waals surface area contributed by atoms with Gasteiger partial charge in [-0.05, 0) is 37.1 Å². The lowest BCUT2D eigenvalue weighted by Crippen LogP contribution is -2.13. The van der Waals surface area contributed by atoms with E-state index in [0.29, 0.717) is 23.5 Å². The Morgan fingerprint density at radius 3 is 2.86 bits per heavy atom. The maximum absolute atomic E-state index is 12.3. The van der Waals surface area contributed by atoms with Gasteiger partial charge in [0.25, 0.3) is 5.91 Å². The number of fused-ring (bicyclic) bond motifs is 1. The van der Waals surface area contributed by atoms with Crippen molar-refractivity contribution in [3.05, 3.63) is 40.8 Å². The predicted octanol–water partition coefficient (Wildman–Crippen LogP) is 3.25. The molecule has 0 aliphatic rings. The molecule has 0 saturated carbocycles. The summed E-state index contributed by atoms with van der Waals surface area (Å²) in [5, 5.41) is 11.0. The molecular formula is C15H15N3O3. The Morgan fingerprint density at radius 1 is 1.29 bits per heavy atom. The van der Waals surface area contributed by atoms with E-state index >= 15 is 0 Å². The molecule has 0 spiro atoms. The third-order valence-electron chi connectivity index (χ3n) is 3.42. The highest BCUT2D eigenvalue weighted by atomic mass is 16.6. The number of hydrogen-bond acceptors (Lipinski definition) is 5. The number of nitrogens with one attached hydrogen (secondary N) is 1. The van der Waals surface area contributed by atoms with Crippen LogP contribution in [0.1, 0.15) is 34.3 Å². The van der Waals surface area contributed by atoms with E-state index in [4.69, 9.17) is 4.42 Å². The van der Waals surface area contributed by atoms with E-state index in [2.05, 4.69) is 20.3 Å². The molecule has 3 aromatic rings. The van der Waals surface area contributed by atoms with E-state index in [1.54, 1.807) is 0 Å². The first-order valence-electron chi connectivity index (χ1n) is 6.72. The van der Waals surface area contributed by atoms with Crippen LogP contribution in [0, 0.1) is 13.8 Å². The molecule has 3 rings (SSSR count). The first-order chi connectivity index (χ1) is 10.1. The summed E-state index contributed by atoms with van der Waals surface area (Å²) in [6.45, 7) is 5.74. The lowest BCUT2D eigenvalue weighted by atomic mass is 10.1. The summed E-state index contributed by atoms with van der Waals surface area (Å²) in [4.78, 5) is 12.3. The maximum Gasteiger partial charge on any atom is 0.292 e. The molecule has 0 fully saturated rings. The lowest BCUT2D eigenvalue weighted by Gasteiger charge is -2.00. The second-order valence-corrected chi connectivity index (χ2v) is 4.92. The average Bonchev–Trinajstić information content (AvgIpc) is 3.03. The minimum absolute atomic E-state index is 0.278. The Bertz CT molecular complexity index is 817. The van der Waals surface area contributed by atoms with E-state index in [1.165, 1.54) is 0 Å². The van der Waals surface area contributed by atoms with Gasteiger partial charge in [-0.25, -0.2) is 4.63 Å². The van der Waals surface area contributed by atoms with Gasteiger partial charge >= 0.3 is 0 Å². The number of rotatable bonds is 3. The SMILES string of the molecule is CCc1nonc1NC(=O)c1oc2cc(C)ccc2c1C. The smallest absolute Gasteiger partial charge is 0.292 e. The van der Waals surface area contributed by atoms with Crippen LogP contribution in [-0.4, -0.2) is 16.2 Å². The van der Waals surface area contributed by atoms with E-state index in [0.717, 1.165) is 16.5 Å². The molecule has 108 valence electrons. The molecule has 0 aliphatic carbocycles. The topological polar surface area (TPSA) is 81.2 Å². The van der Waals surface area contributed by atoms with Crippen molar-refractivity contribution in [1.29, 1.82) is 0 Å². The van der Waals surface area contributed by atoms with Gasteiger partial charge in [-0.2, -0.15) is 0 Å². The highest BCUT2D eigenvalue weighted by Crippen LogP contribution is 2.26.